The molecular formula is C15H24N4O4. The Morgan fingerprint density at radius 2 is 2.17 bits per heavy atom. The van der Waals surface area contributed by atoms with Gasteiger partial charge in [0.25, 0.3) is 5.56 Å². The molecule has 2 heterocycles. The van der Waals surface area contributed by atoms with E-state index in [1.54, 1.807) is 4.90 Å². The third-order valence-corrected chi connectivity index (χ3v) is 4.33. The first-order valence-corrected chi connectivity index (χ1v) is 7.74. The van der Waals surface area contributed by atoms with Crippen LogP contribution in [0.25, 0.3) is 0 Å². The van der Waals surface area contributed by atoms with Crippen LogP contribution in [-0.4, -0.2) is 82.3 Å². The number of aliphatic hydroxyl groups excluding tert-OH is 2. The second-order valence-electron chi connectivity index (χ2n) is 6.07. The van der Waals surface area contributed by atoms with Crippen molar-refractivity contribution in [2.75, 3.05) is 46.4 Å². The van der Waals surface area contributed by atoms with Crippen LogP contribution in [0, 0.1) is 11.8 Å². The average Bonchev–Trinajstić information content (AvgIpc) is 2.92. The summed E-state index contributed by atoms with van der Waals surface area (Å²) in [7, 11) is 1.91. The number of carbonyl (C=O) groups is 1. The summed E-state index contributed by atoms with van der Waals surface area (Å²) in [6.45, 7) is 2.42. The van der Waals surface area contributed by atoms with Crippen LogP contribution in [0.1, 0.15) is 5.56 Å². The summed E-state index contributed by atoms with van der Waals surface area (Å²) in [5.74, 6) is 0.0502. The van der Waals surface area contributed by atoms with E-state index in [1.807, 2.05) is 11.9 Å². The lowest BCUT2D eigenvalue weighted by Gasteiger charge is -2.23. The number of carbonyl (C=O) groups excluding carboxylic acids is 1. The van der Waals surface area contributed by atoms with Gasteiger partial charge in [0, 0.05) is 50.5 Å². The summed E-state index contributed by atoms with van der Waals surface area (Å²) in [4.78, 5) is 34.0. The van der Waals surface area contributed by atoms with Gasteiger partial charge in [0.15, 0.2) is 0 Å². The van der Waals surface area contributed by atoms with Crippen molar-refractivity contribution in [1.29, 1.82) is 0 Å². The molecule has 0 bridgehead atoms. The standard InChI is InChI=1S/C15H24N4O4/c1-18(2-3-20)6-12-7-19(8-13(12)9-21)14(22)4-11-5-16-10-17-15(11)23/h5,10,12-13,20-21H,2-4,6-9H2,1H3,(H,16,17,23)/t12-,13-/m1/s1. The largest absolute Gasteiger partial charge is 0.396 e. The van der Waals surface area contributed by atoms with Crippen LogP contribution in [0.5, 0.6) is 0 Å². The van der Waals surface area contributed by atoms with Crippen molar-refractivity contribution in [3.05, 3.63) is 28.4 Å². The minimum atomic E-state index is -0.300. The summed E-state index contributed by atoms with van der Waals surface area (Å²) in [5.41, 5.74) is 0.0457. The lowest BCUT2D eigenvalue weighted by atomic mass is 9.96. The summed E-state index contributed by atoms with van der Waals surface area (Å²) in [6.07, 6.45) is 2.71. The third-order valence-electron chi connectivity index (χ3n) is 4.33. The molecule has 1 saturated heterocycles. The van der Waals surface area contributed by atoms with Crippen molar-refractivity contribution in [2.45, 2.75) is 6.42 Å². The minimum absolute atomic E-state index is 0.0144. The minimum Gasteiger partial charge on any atom is -0.396 e. The fourth-order valence-electron chi connectivity index (χ4n) is 2.99. The monoisotopic (exact) mass is 324 g/mol. The Kier molecular flexibility index (Phi) is 6.26. The zero-order valence-electron chi connectivity index (χ0n) is 13.3. The number of aromatic nitrogens is 2. The van der Waals surface area contributed by atoms with E-state index in [0.717, 1.165) is 0 Å². The molecular weight excluding hydrogens is 300 g/mol. The van der Waals surface area contributed by atoms with Gasteiger partial charge in [0.1, 0.15) is 0 Å². The van der Waals surface area contributed by atoms with Gasteiger partial charge in [-0.1, -0.05) is 0 Å². The summed E-state index contributed by atoms with van der Waals surface area (Å²) >= 11 is 0. The molecule has 2 atom stereocenters. The van der Waals surface area contributed by atoms with E-state index in [9.17, 15) is 14.7 Å². The van der Waals surface area contributed by atoms with Gasteiger partial charge < -0.3 is 25.0 Å². The second kappa shape index (κ2) is 8.19. The van der Waals surface area contributed by atoms with Gasteiger partial charge in [-0.3, -0.25) is 9.59 Å². The molecule has 0 radical (unpaired) electrons. The normalized spacial score (nSPS) is 21.1. The van der Waals surface area contributed by atoms with Gasteiger partial charge >= 0.3 is 0 Å². The number of nitrogens with one attached hydrogen (secondary N) is 1. The van der Waals surface area contributed by atoms with Crippen molar-refractivity contribution >= 4 is 5.91 Å². The molecule has 0 unspecified atom stereocenters. The number of nitrogens with zero attached hydrogens (tertiary/aromatic N) is 3. The Morgan fingerprint density at radius 3 is 2.83 bits per heavy atom. The van der Waals surface area contributed by atoms with Crippen LogP contribution in [0.3, 0.4) is 0 Å². The number of aromatic amines is 1. The lowest BCUT2D eigenvalue weighted by Crippen LogP contribution is -2.34. The van der Waals surface area contributed by atoms with Gasteiger partial charge in [-0.2, -0.15) is 0 Å². The van der Waals surface area contributed by atoms with Crippen molar-refractivity contribution in [1.82, 2.24) is 19.8 Å². The molecule has 23 heavy (non-hydrogen) atoms. The highest BCUT2D eigenvalue weighted by Gasteiger charge is 2.35. The molecule has 0 spiro atoms. The predicted octanol–water partition coefficient (Wildman–Crippen LogP) is -1.70. The number of aliphatic hydroxyl groups is 2. The molecule has 0 saturated carbocycles. The van der Waals surface area contributed by atoms with Crippen molar-refractivity contribution < 1.29 is 15.0 Å². The van der Waals surface area contributed by atoms with Gasteiger partial charge in [-0.05, 0) is 13.0 Å². The molecule has 8 nitrogen and oxygen atoms in total. The second-order valence-corrected chi connectivity index (χ2v) is 6.07. The average molecular weight is 324 g/mol. The molecule has 1 aliphatic heterocycles. The Bertz CT molecular complexity index is 577. The molecule has 1 aliphatic rings. The molecule has 0 aromatic carbocycles. The van der Waals surface area contributed by atoms with Gasteiger partial charge in [-0.15, -0.1) is 0 Å². The Morgan fingerprint density at radius 1 is 1.43 bits per heavy atom. The number of amides is 1. The van der Waals surface area contributed by atoms with E-state index in [0.29, 0.717) is 31.7 Å². The molecule has 1 fully saturated rings. The maximum Gasteiger partial charge on any atom is 0.254 e. The van der Waals surface area contributed by atoms with Crippen molar-refractivity contribution in [3.8, 4) is 0 Å². The molecule has 1 amide bonds. The number of hydrogen-bond donors (Lipinski definition) is 3. The van der Waals surface area contributed by atoms with Gasteiger partial charge in [0.2, 0.25) is 5.91 Å². The maximum atomic E-state index is 12.4. The zero-order valence-corrected chi connectivity index (χ0v) is 13.3. The number of H-pyrrole nitrogens is 1. The first-order chi connectivity index (χ1) is 11.0. The number of hydrogen-bond acceptors (Lipinski definition) is 6. The topological polar surface area (TPSA) is 110 Å². The molecule has 3 N–H and O–H groups in total. The van der Waals surface area contributed by atoms with Crippen LogP contribution < -0.4 is 5.56 Å². The smallest absolute Gasteiger partial charge is 0.254 e. The molecule has 8 heteroatoms. The molecule has 128 valence electrons. The van der Waals surface area contributed by atoms with E-state index >= 15 is 0 Å². The zero-order chi connectivity index (χ0) is 16.8. The van der Waals surface area contributed by atoms with Crippen LogP contribution in [0.2, 0.25) is 0 Å². The number of rotatable bonds is 7. The highest BCUT2D eigenvalue weighted by molar-refractivity contribution is 5.78. The van der Waals surface area contributed by atoms with E-state index in [1.165, 1.54) is 12.5 Å². The highest BCUT2D eigenvalue weighted by Crippen LogP contribution is 2.24. The number of likely N-dealkylation sites (N-methyl/N-ethyl adjacent to an activating group) is 1. The fraction of sp³-hybridized carbons (Fsp3) is 0.667. The van der Waals surface area contributed by atoms with Crippen LogP contribution in [0.15, 0.2) is 17.3 Å². The molecule has 1 aromatic heterocycles. The maximum absolute atomic E-state index is 12.4. The van der Waals surface area contributed by atoms with Crippen LogP contribution in [-0.2, 0) is 11.2 Å². The Hall–Kier alpha value is -1.77. The van der Waals surface area contributed by atoms with Crippen LogP contribution in [0.4, 0.5) is 0 Å². The highest BCUT2D eigenvalue weighted by atomic mass is 16.3. The Labute approximate surface area is 134 Å². The molecule has 2 rings (SSSR count). The predicted molar refractivity (Wildman–Crippen MR) is 83.8 cm³/mol. The summed E-state index contributed by atoms with van der Waals surface area (Å²) in [6, 6.07) is 0. The van der Waals surface area contributed by atoms with E-state index in [-0.39, 0.29) is 42.9 Å². The molecule has 1 aromatic rings. The summed E-state index contributed by atoms with van der Waals surface area (Å²) < 4.78 is 0. The van der Waals surface area contributed by atoms with Gasteiger partial charge in [-0.25, -0.2) is 4.98 Å². The quantitative estimate of drug-likeness (QED) is 0.552. The number of likely N-dealkylation sites (tertiary alicyclic amines) is 1. The van der Waals surface area contributed by atoms with Gasteiger partial charge in [0.05, 0.1) is 19.4 Å². The molecule has 0 aliphatic carbocycles. The van der Waals surface area contributed by atoms with Crippen molar-refractivity contribution in [3.63, 3.8) is 0 Å². The third kappa shape index (κ3) is 4.60. The van der Waals surface area contributed by atoms with E-state index < -0.39 is 0 Å². The van der Waals surface area contributed by atoms with Crippen LogP contribution >= 0.6 is 0 Å². The first-order valence-electron chi connectivity index (χ1n) is 7.74. The SMILES string of the molecule is CN(CCO)C[C@@H]1CN(C(=O)Cc2cnc[nH]c2=O)C[C@@H]1CO. The Balaban J connectivity index is 1.97. The van der Waals surface area contributed by atoms with E-state index in [2.05, 4.69) is 9.97 Å². The first kappa shape index (κ1) is 17.6. The lowest BCUT2D eigenvalue weighted by molar-refractivity contribution is -0.129. The van der Waals surface area contributed by atoms with E-state index in [4.69, 9.17) is 5.11 Å². The fourth-order valence-corrected chi connectivity index (χ4v) is 2.99. The van der Waals surface area contributed by atoms with Crippen molar-refractivity contribution in [2.24, 2.45) is 11.8 Å². The summed E-state index contributed by atoms with van der Waals surface area (Å²) in [5, 5.41) is 18.5.